The fourth-order valence-corrected chi connectivity index (χ4v) is 2.77. The first-order valence-electron chi connectivity index (χ1n) is 7.63. The normalized spacial score (nSPS) is 11.1. The smallest absolute Gasteiger partial charge is 0.248 e. The summed E-state index contributed by atoms with van der Waals surface area (Å²) in [4.78, 5) is 16.6. The molecule has 0 aliphatic carbocycles. The molecule has 2 aromatic carbocycles. The molecule has 0 aliphatic heterocycles. The first-order valence-corrected chi connectivity index (χ1v) is 8.01. The number of carbonyl (C=O) groups excluding carboxylic acids is 1. The van der Waals surface area contributed by atoms with E-state index in [0.29, 0.717) is 5.02 Å². The Morgan fingerprint density at radius 1 is 1.12 bits per heavy atom. The summed E-state index contributed by atoms with van der Waals surface area (Å²) in [6.07, 6.45) is 4.98. The molecule has 1 aromatic heterocycles. The van der Waals surface area contributed by atoms with E-state index in [1.54, 1.807) is 24.4 Å². The topological polar surface area (TPSA) is 42.0 Å². The summed E-state index contributed by atoms with van der Waals surface area (Å²) < 4.78 is 0. The van der Waals surface area contributed by atoms with Crippen molar-refractivity contribution in [3.63, 3.8) is 0 Å². The predicted molar refractivity (Wildman–Crippen MR) is 100 cm³/mol. The minimum absolute atomic E-state index is 0.184. The van der Waals surface area contributed by atoms with Crippen LogP contribution < -0.4 is 5.32 Å². The van der Waals surface area contributed by atoms with Gasteiger partial charge in [0.05, 0.1) is 11.2 Å². The van der Waals surface area contributed by atoms with Crippen LogP contribution in [0.4, 0.5) is 5.69 Å². The number of halogens is 1. The number of nitrogens with one attached hydrogen (secondary N) is 1. The maximum absolute atomic E-state index is 12.2. The summed E-state index contributed by atoms with van der Waals surface area (Å²) in [7, 11) is 0. The first kappa shape index (κ1) is 16.2. The number of anilines is 1. The van der Waals surface area contributed by atoms with Crippen molar-refractivity contribution in [2.45, 2.75) is 13.8 Å². The lowest BCUT2D eigenvalue weighted by Crippen LogP contribution is -2.08. The van der Waals surface area contributed by atoms with Gasteiger partial charge in [0, 0.05) is 22.7 Å². The number of hydrogen-bond donors (Lipinski definition) is 1. The van der Waals surface area contributed by atoms with Crippen LogP contribution in [0.25, 0.3) is 17.0 Å². The molecule has 0 atom stereocenters. The summed E-state index contributed by atoms with van der Waals surface area (Å²) in [5, 5.41) is 4.55. The van der Waals surface area contributed by atoms with E-state index in [0.717, 1.165) is 33.3 Å². The van der Waals surface area contributed by atoms with Crippen LogP contribution in [0.5, 0.6) is 0 Å². The van der Waals surface area contributed by atoms with Gasteiger partial charge in [-0.05, 0) is 55.3 Å². The van der Waals surface area contributed by atoms with Crippen LogP contribution in [-0.2, 0) is 4.79 Å². The minimum Gasteiger partial charge on any atom is -0.322 e. The zero-order valence-electron chi connectivity index (χ0n) is 13.5. The van der Waals surface area contributed by atoms with Gasteiger partial charge in [0.1, 0.15) is 0 Å². The van der Waals surface area contributed by atoms with Gasteiger partial charge in [-0.2, -0.15) is 0 Å². The third-order valence-corrected chi connectivity index (χ3v) is 3.99. The molecule has 0 spiro atoms. The highest BCUT2D eigenvalue weighted by Crippen LogP contribution is 2.25. The van der Waals surface area contributed by atoms with Crippen LogP contribution in [0.3, 0.4) is 0 Å². The van der Waals surface area contributed by atoms with E-state index in [4.69, 9.17) is 11.6 Å². The molecule has 24 heavy (non-hydrogen) atoms. The second-order valence-electron chi connectivity index (χ2n) is 5.71. The third-order valence-electron chi connectivity index (χ3n) is 3.73. The molecule has 3 aromatic rings. The highest BCUT2D eigenvalue weighted by atomic mass is 35.5. The van der Waals surface area contributed by atoms with Gasteiger partial charge in [0.2, 0.25) is 5.91 Å². The second kappa shape index (κ2) is 6.85. The maximum Gasteiger partial charge on any atom is 0.248 e. The van der Waals surface area contributed by atoms with Gasteiger partial charge < -0.3 is 5.32 Å². The number of aryl methyl sites for hydroxylation is 2. The second-order valence-corrected chi connectivity index (χ2v) is 6.15. The molecular weight excluding hydrogens is 320 g/mol. The van der Waals surface area contributed by atoms with Gasteiger partial charge in [-0.1, -0.05) is 35.4 Å². The van der Waals surface area contributed by atoms with E-state index in [9.17, 15) is 4.79 Å². The number of hydrogen-bond acceptors (Lipinski definition) is 2. The lowest BCUT2D eigenvalue weighted by Gasteiger charge is -2.09. The number of carbonyl (C=O) groups is 1. The van der Waals surface area contributed by atoms with E-state index in [2.05, 4.69) is 16.4 Å². The van der Waals surface area contributed by atoms with Crippen molar-refractivity contribution in [3.05, 3.63) is 76.5 Å². The van der Waals surface area contributed by atoms with Crippen molar-refractivity contribution in [3.8, 4) is 0 Å². The van der Waals surface area contributed by atoms with E-state index in [-0.39, 0.29) is 5.91 Å². The molecule has 0 bridgehead atoms. The molecule has 0 fully saturated rings. The number of nitrogens with zero attached hydrogens (tertiary/aromatic N) is 1. The molecule has 1 amide bonds. The first-order chi connectivity index (χ1) is 11.5. The van der Waals surface area contributed by atoms with Gasteiger partial charge in [-0.3, -0.25) is 9.78 Å². The van der Waals surface area contributed by atoms with Gasteiger partial charge in [-0.15, -0.1) is 0 Å². The number of pyridine rings is 1. The molecule has 4 heteroatoms. The van der Waals surface area contributed by atoms with Crippen LogP contribution in [0.1, 0.15) is 16.7 Å². The molecule has 1 heterocycles. The van der Waals surface area contributed by atoms with Gasteiger partial charge in [0.15, 0.2) is 0 Å². The molecule has 0 radical (unpaired) electrons. The minimum atomic E-state index is -0.184. The van der Waals surface area contributed by atoms with Crippen LogP contribution in [0, 0.1) is 13.8 Å². The number of amides is 1. The SMILES string of the molecule is Cc1cc(C)c2nccc(NC(=O)/C=C/c3ccc(Cl)cc3)c2c1. The molecule has 3 rings (SSSR count). The molecule has 3 nitrogen and oxygen atoms in total. The van der Waals surface area contributed by atoms with E-state index in [1.165, 1.54) is 6.08 Å². The Labute approximate surface area is 146 Å². The number of aromatic nitrogens is 1. The average molecular weight is 337 g/mol. The van der Waals surface area contributed by atoms with Crippen LogP contribution in [-0.4, -0.2) is 10.9 Å². The monoisotopic (exact) mass is 336 g/mol. The Hall–Kier alpha value is -2.65. The Morgan fingerprint density at radius 3 is 2.62 bits per heavy atom. The molecule has 0 aliphatic rings. The van der Waals surface area contributed by atoms with Crippen LogP contribution >= 0.6 is 11.6 Å². The van der Waals surface area contributed by atoms with Crippen LogP contribution in [0.15, 0.2) is 54.7 Å². The summed E-state index contributed by atoms with van der Waals surface area (Å²) in [6.45, 7) is 4.06. The molecular formula is C20H17ClN2O. The summed E-state index contributed by atoms with van der Waals surface area (Å²) in [5.74, 6) is -0.184. The van der Waals surface area contributed by atoms with E-state index >= 15 is 0 Å². The van der Waals surface area contributed by atoms with E-state index < -0.39 is 0 Å². The average Bonchev–Trinajstić information content (AvgIpc) is 2.55. The van der Waals surface area contributed by atoms with Gasteiger partial charge in [-0.25, -0.2) is 0 Å². The summed E-state index contributed by atoms with van der Waals surface area (Å²) in [5.41, 5.74) is 4.82. The summed E-state index contributed by atoms with van der Waals surface area (Å²) in [6, 6.07) is 13.2. The van der Waals surface area contributed by atoms with Crippen molar-refractivity contribution in [2.24, 2.45) is 0 Å². The molecule has 1 N–H and O–H groups in total. The largest absolute Gasteiger partial charge is 0.322 e. The fraction of sp³-hybridized carbons (Fsp3) is 0.100. The summed E-state index contributed by atoms with van der Waals surface area (Å²) >= 11 is 5.85. The van der Waals surface area contributed by atoms with Crippen molar-refractivity contribution in [1.82, 2.24) is 4.98 Å². The Kier molecular flexibility index (Phi) is 4.63. The predicted octanol–water partition coefficient (Wildman–Crippen LogP) is 5.16. The highest BCUT2D eigenvalue weighted by Gasteiger charge is 2.07. The fourth-order valence-electron chi connectivity index (χ4n) is 2.64. The Morgan fingerprint density at radius 2 is 1.88 bits per heavy atom. The number of benzene rings is 2. The standard InChI is InChI=1S/C20H17ClN2O/c1-13-11-14(2)20-17(12-13)18(9-10-22-20)23-19(24)8-5-15-3-6-16(21)7-4-15/h3-12H,1-2H3,(H,22,23,24)/b8-5+. The van der Waals surface area contributed by atoms with Crippen molar-refractivity contribution >= 4 is 40.2 Å². The molecule has 120 valence electrons. The molecule has 0 saturated heterocycles. The number of fused-ring (bicyclic) bond motifs is 1. The van der Waals surface area contributed by atoms with Crippen molar-refractivity contribution in [2.75, 3.05) is 5.32 Å². The zero-order chi connectivity index (χ0) is 17.1. The lowest BCUT2D eigenvalue weighted by molar-refractivity contribution is -0.111. The quantitative estimate of drug-likeness (QED) is 0.671. The Bertz CT molecular complexity index is 930. The third kappa shape index (κ3) is 3.63. The maximum atomic E-state index is 12.2. The lowest BCUT2D eigenvalue weighted by atomic mass is 10.1. The number of rotatable bonds is 3. The molecule has 0 unspecified atom stereocenters. The molecule has 0 saturated carbocycles. The van der Waals surface area contributed by atoms with Crippen molar-refractivity contribution in [1.29, 1.82) is 0 Å². The van der Waals surface area contributed by atoms with Crippen molar-refractivity contribution < 1.29 is 4.79 Å². The Balaban J connectivity index is 1.84. The van der Waals surface area contributed by atoms with Gasteiger partial charge >= 0.3 is 0 Å². The van der Waals surface area contributed by atoms with Crippen LogP contribution in [0.2, 0.25) is 5.02 Å². The zero-order valence-corrected chi connectivity index (χ0v) is 14.3. The highest BCUT2D eigenvalue weighted by molar-refractivity contribution is 6.30. The van der Waals surface area contributed by atoms with Gasteiger partial charge in [0.25, 0.3) is 0 Å². The van der Waals surface area contributed by atoms with E-state index in [1.807, 2.05) is 38.1 Å².